The molecule has 9 heteroatoms. The molecule has 0 fully saturated rings. The fourth-order valence-corrected chi connectivity index (χ4v) is 6.55. The van der Waals surface area contributed by atoms with Gasteiger partial charge >= 0.3 is 11.9 Å². The van der Waals surface area contributed by atoms with Crippen molar-refractivity contribution in [2.75, 3.05) is 13.2 Å². The molecule has 0 saturated heterocycles. The highest BCUT2D eigenvalue weighted by atomic mass is 16.5. The molecular formula is C50H86N2O7. The molecule has 0 saturated carbocycles. The fraction of sp³-hybridized carbons (Fsp3) is 0.720. The predicted molar refractivity (Wildman–Crippen MR) is 245 cm³/mol. The third kappa shape index (κ3) is 41.1. The second kappa shape index (κ2) is 44.1. The Kier molecular flexibility index (Phi) is 41.5. The number of nitrogens with one attached hydrogen (secondary N) is 2. The van der Waals surface area contributed by atoms with Gasteiger partial charge in [-0.3, -0.25) is 14.4 Å². The average molecular weight is 827 g/mol. The van der Waals surface area contributed by atoms with Crippen molar-refractivity contribution in [3.05, 3.63) is 60.8 Å². The number of carbonyl (C=O) groups is 4. The minimum absolute atomic E-state index is 0.106. The van der Waals surface area contributed by atoms with Crippen molar-refractivity contribution in [1.82, 2.24) is 10.6 Å². The van der Waals surface area contributed by atoms with Gasteiger partial charge in [0.15, 0.2) is 0 Å². The van der Waals surface area contributed by atoms with Crippen molar-refractivity contribution in [3.8, 4) is 0 Å². The smallest absolute Gasteiger partial charge is 0.328 e. The van der Waals surface area contributed by atoms with Crippen LogP contribution in [0.25, 0.3) is 0 Å². The first-order valence-corrected chi connectivity index (χ1v) is 23.7. The Bertz CT molecular complexity index is 1180. The highest BCUT2D eigenvalue weighted by Gasteiger charge is 2.18. The van der Waals surface area contributed by atoms with Crippen molar-refractivity contribution < 1.29 is 34.1 Å². The van der Waals surface area contributed by atoms with E-state index < -0.39 is 24.5 Å². The Hall–Kier alpha value is -3.46. The lowest BCUT2D eigenvalue weighted by atomic mass is 10.1. The molecule has 338 valence electrons. The lowest BCUT2D eigenvalue weighted by molar-refractivity contribution is -0.147. The molecule has 0 aliphatic rings. The summed E-state index contributed by atoms with van der Waals surface area (Å²) in [5.41, 5.74) is 0. The number of esters is 1. The number of carboxylic acid groups (broad SMARTS) is 1. The first kappa shape index (κ1) is 55.5. The molecule has 2 amide bonds. The molecule has 0 heterocycles. The van der Waals surface area contributed by atoms with Gasteiger partial charge in [-0.05, 0) is 89.5 Å². The molecule has 9 nitrogen and oxygen atoms in total. The molecule has 59 heavy (non-hydrogen) atoms. The molecule has 0 aliphatic heterocycles. The number of rotatable bonds is 42. The number of aliphatic carboxylic acids is 1. The summed E-state index contributed by atoms with van der Waals surface area (Å²) >= 11 is 0. The van der Waals surface area contributed by atoms with Gasteiger partial charge in [-0.15, -0.1) is 0 Å². The maximum absolute atomic E-state index is 12.8. The number of carbonyl (C=O) groups excluding carboxylic acids is 3. The minimum Gasteiger partial charge on any atom is -0.480 e. The van der Waals surface area contributed by atoms with Crippen molar-refractivity contribution in [2.45, 2.75) is 219 Å². The Balaban J connectivity index is 4.26. The second-order valence-corrected chi connectivity index (χ2v) is 15.8. The van der Waals surface area contributed by atoms with E-state index in [1.165, 1.54) is 83.5 Å². The van der Waals surface area contributed by atoms with Crippen LogP contribution in [0, 0.1) is 0 Å². The summed E-state index contributed by atoms with van der Waals surface area (Å²) in [6.07, 6.45) is 54.2. The van der Waals surface area contributed by atoms with E-state index in [2.05, 4.69) is 85.2 Å². The molecule has 2 unspecified atom stereocenters. The van der Waals surface area contributed by atoms with E-state index in [4.69, 9.17) is 14.9 Å². The van der Waals surface area contributed by atoms with E-state index in [1.807, 2.05) is 0 Å². The molecule has 0 aromatic carbocycles. The Labute approximate surface area is 360 Å². The molecule has 0 bridgehead atoms. The van der Waals surface area contributed by atoms with Gasteiger partial charge in [0.05, 0.1) is 13.2 Å². The maximum atomic E-state index is 12.8. The number of carboxylic acids is 1. The zero-order valence-electron chi connectivity index (χ0n) is 37.5. The summed E-state index contributed by atoms with van der Waals surface area (Å²) in [6.45, 7) is 3.44. The number of hydrogen-bond acceptors (Lipinski definition) is 6. The van der Waals surface area contributed by atoms with Crippen LogP contribution in [-0.4, -0.2) is 59.3 Å². The SMILES string of the molecule is CCCCCC/C=C\C/C=C\C(CCCCCCCCC(=O)NCC(=O)NC(CO)C(=O)O)OC(=O)CCCCCCCC/C=C\C/C=C\C/C=C\CCCCCCC. The third-order valence-corrected chi connectivity index (χ3v) is 10.2. The lowest BCUT2D eigenvalue weighted by Gasteiger charge is -2.15. The van der Waals surface area contributed by atoms with Crippen LogP contribution in [0.3, 0.4) is 0 Å². The fourth-order valence-electron chi connectivity index (χ4n) is 6.55. The van der Waals surface area contributed by atoms with Crippen LogP contribution in [0.4, 0.5) is 0 Å². The quantitative estimate of drug-likeness (QED) is 0.0273. The molecule has 0 spiro atoms. The molecular weight excluding hydrogens is 741 g/mol. The van der Waals surface area contributed by atoms with E-state index in [1.54, 1.807) is 0 Å². The van der Waals surface area contributed by atoms with Crippen molar-refractivity contribution in [1.29, 1.82) is 0 Å². The van der Waals surface area contributed by atoms with Crippen LogP contribution in [0.1, 0.15) is 206 Å². The van der Waals surface area contributed by atoms with Crippen LogP contribution in [0.2, 0.25) is 0 Å². The van der Waals surface area contributed by atoms with Crippen molar-refractivity contribution in [2.24, 2.45) is 0 Å². The summed E-state index contributed by atoms with van der Waals surface area (Å²) in [4.78, 5) is 47.5. The molecule has 0 aliphatic carbocycles. The lowest BCUT2D eigenvalue weighted by Crippen LogP contribution is -2.47. The number of aliphatic hydroxyl groups is 1. The van der Waals surface area contributed by atoms with Gasteiger partial charge in [-0.2, -0.15) is 0 Å². The molecule has 0 aromatic heterocycles. The van der Waals surface area contributed by atoms with Crippen LogP contribution >= 0.6 is 0 Å². The Morgan fingerprint density at radius 3 is 1.49 bits per heavy atom. The molecule has 2 atom stereocenters. The second-order valence-electron chi connectivity index (χ2n) is 15.8. The van der Waals surface area contributed by atoms with Gasteiger partial charge in [0.25, 0.3) is 0 Å². The largest absolute Gasteiger partial charge is 0.480 e. The topological polar surface area (TPSA) is 142 Å². The summed E-state index contributed by atoms with van der Waals surface area (Å²) in [5.74, 6) is -2.36. The monoisotopic (exact) mass is 827 g/mol. The van der Waals surface area contributed by atoms with Gasteiger partial charge in [-0.1, -0.05) is 165 Å². The van der Waals surface area contributed by atoms with Gasteiger partial charge in [0, 0.05) is 12.8 Å². The van der Waals surface area contributed by atoms with Gasteiger partial charge in [0.1, 0.15) is 12.1 Å². The number of hydrogen-bond donors (Lipinski definition) is 4. The number of unbranched alkanes of at least 4 members (excludes halogenated alkanes) is 20. The zero-order valence-corrected chi connectivity index (χ0v) is 37.5. The van der Waals surface area contributed by atoms with E-state index in [-0.39, 0.29) is 24.5 Å². The summed E-state index contributed by atoms with van der Waals surface area (Å²) < 4.78 is 5.94. The van der Waals surface area contributed by atoms with Crippen LogP contribution in [0.15, 0.2) is 60.8 Å². The Morgan fingerprint density at radius 2 is 0.966 bits per heavy atom. The van der Waals surface area contributed by atoms with E-state index in [0.717, 1.165) is 89.9 Å². The van der Waals surface area contributed by atoms with Crippen LogP contribution in [-0.2, 0) is 23.9 Å². The first-order valence-electron chi connectivity index (χ1n) is 23.7. The Morgan fingerprint density at radius 1 is 0.525 bits per heavy atom. The van der Waals surface area contributed by atoms with Gasteiger partial charge < -0.3 is 25.6 Å². The average Bonchev–Trinajstić information content (AvgIpc) is 3.22. The van der Waals surface area contributed by atoms with E-state index in [0.29, 0.717) is 19.3 Å². The molecule has 0 radical (unpaired) electrons. The van der Waals surface area contributed by atoms with E-state index in [9.17, 15) is 19.2 Å². The molecule has 0 aromatic rings. The first-order chi connectivity index (χ1) is 28.8. The third-order valence-electron chi connectivity index (χ3n) is 10.2. The molecule has 4 N–H and O–H groups in total. The van der Waals surface area contributed by atoms with Crippen molar-refractivity contribution >= 4 is 23.8 Å². The normalized spacial score (nSPS) is 13.0. The van der Waals surface area contributed by atoms with Crippen LogP contribution in [0.5, 0.6) is 0 Å². The van der Waals surface area contributed by atoms with Crippen molar-refractivity contribution in [3.63, 3.8) is 0 Å². The summed E-state index contributed by atoms with van der Waals surface area (Å²) in [7, 11) is 0. The zero-order chi connectivity index (χ0) is 43.3. The number of aliphatic hydroxyl groups excluding tert-OH is 1. The van der Waals surface area contributed by atoms with Gasteiger partial charge in [0.2, 0.25) is 11.8 Å². The maximum Gasteiger partial charge on any atom is 0.328 e. The standard InChI is InChI=1S/C50H86N2O7/c1-3-5-7-9-11-13-14-15-16-17-18-19-20-21-22-23-24-26-28-34-38-42-49(56)59-45(39-35-31-27-25-12-10-8-6-4-2)40-36-32-29-30-33-37-41-47(54)51-43-48(55)52-46(44-53)50(57)58/h14-15,17-18,20-21,25,27,35,39,45-46,53H,3-13,16,19,22-24,26,28-34,36-38,40-44H2,1-2H3,(H,51,54)(H,52,55)(H,57,58)/b15-14-,18-17-,21-20-,27-25-,39-35-. The number of allylic oxidation sites excluding steroid dienone is 9. The highest BCUT2D eigenvalue weighted by molar-refractivity contribution is 5.87. The van der Waals surface area contributed by atoms with Crippen LogP contribution < -0.4 is 10.6 Å². The minimum atomic E-state index is -1.39. The predicted octanol–water partition coefficient (Wildman–Crippen LogP) is 12.1. The van der Waals surface area contributed by atoms with E-state index >= 15 is 0 Å². The van der Waals surface area contributed by atoms with Gasteiger partial charge in [-0.25, -0.2) is 4.79 Å². The molecule has 0 rings (SSSR count). The summed E-state index contributed by atoms with van der Waals surface area (Å²) in [6, 6.07) is -1.39. The number of ether oxygens (including phenoxy) is 1. The summed E-state index contributed by atoms with van der Waals surface area (Å²) in [5, 5.41) is 22.5. The number of amides is 2. The highest BCUT2D eigenvalue weighted by Crippen LogP contribution is 2.15.